The quantitative estimate of drug-likeness (QED) is 0.896. The Bertz CT molecular complexity index is 548. The summed E-state index contributed by atoms with van der Waals surface area (Å²) in [5.41, 5.74) is 0.956. The lowest BCUT2D eigenvalue weighted by molar-refractivity contribution is -0.128. The van der Waals surface area contributed by atoms with Crippen LogP contribution in [-0.2, 0) is 16.0 Å². The number of methoxy groups -OCH3 is 1. The molecule has 2 amide bonds. The van der Waals surface area contributed by atoms with Gasteiger partial charge in [-0.25, -0.2) is 0 Å². The van der Waals surface area contributed by atoms with Gasteiger partial charge in [0.1, 0.15) is 5.75 Å². The second-order valence-corrected chi connectivity index (χ2v) is 5.58. The molecule has 1 N–H and O–H groups in total. The second kappa shape index (κ2) is 6.80. The zero-order valence-electron chi connectivity index (χ0n) is 12.2. The fourth-order valence-electron chi connectivity index (χ4n) is 2.36. The molecule has 0 spiro atoms. The maximum atomic E-state index is 12.0. The summed E-state index contributed by atoms with van der Waals surface area (Å²) in [5.74, 6) is 0.416. The van der Waals surface area contributed by atoms with Crippen LogP contribution < -0.4 is 10.1 Å². The van der Waals surface area contributed by atoms with Gasteiger partial charge in [-0.1, -0.05) is 17.7 Å². The molecule has 1 aliphatic rings. The van der Waals surface area contributed by atoms with E-state index in [1.54, 1.807) is 25.1 Å². The molecule has 2 rings (SSSR count). The topological polar surface area (TPSA) is 58.6 Å². The van der Waals surface area contributed by atoms with Crippen LogP contribution in [0.2, 0.25) is 5.02 Å². The number of carbonyl (C=O) groups excluding carboxylic acids is 2. The Labute approximate surface area is 129 Å². The van der Waals surface area contributed by atoms with Crippen LogP contribution in [0.3, 0.4) is 0 Å². The minimum absolute atomic E-state index is 0.0216. The van der Waals surface area contributed by atoms with Crippen LogP contribution >= 0.6 is 11.6 Å². The van der Waals surface area contributed by atoms with Crippen LogP contribution in [-0.4, -0.2) is 44.0 Å². The molecular formula is C15H19ClN2O3. The first-order chi connectivity index (χ1) is 10.0. The molecule has 21 heavy (non-hydrogen) atoms. The monoisotopic (exact) mass is 310 g/mol. The van der Waals surface area contributed by atoms with Gasteiger partial charge in [0, 0.05) is 31.6 Å². The summed E-state index contributed by atoms with van der Waals surface area (Å²) in [5, 5.41) is 3.49. The number of ether oxygens (including phenoxy) is 1. The van der Waals surface area contributed by atoms with E-state index >= 15 is 0 Å². The fourth-order valence-corrected chi connectivity index (χ4v) is 2.63. The van der Waals surface area contributed by atoms with Gasteiger partial charge < -0.3 is 15.0 Å². The summed E-state index contributed by atoms with van der Waals surface area (Å²) >= 11 is 6.14. The maximum absolute atomic E-state index is 12.0. The Morgan fingerprint density at radius 2 is 2.29 bits per heavy atom. The molecule has 1 atom stereocenters. The molecule has 1 fully saturated rings. The molecule has 1 aromatic carbocycles. The molecule has 5 nitrogen and oxygen atoms in total. The molecule has 0 radical (unpaired) electrons. The van der Waals surface area contributed by atoms with Gasteiger partial charge in [-0.15, -0.1) is 0 Å². The molecule has 1 aromatic rings. The molecule has 0 aromatic heterocycles. The molecule has 114 valence electrons. The summed E-state index contributed by atoms with van der Waals surface area (Å²) < 4.78 is 5.09. The number of benzene rings is 1. The van der Waals surface area contributed by atoms with Gasteiger partial charge in [0.2, 0.25) is 11.8 Å². The van der Waals surface area contributed by atoms with Gasteiger partial charge >= 0.3 is 0 Å². The van der Waals surface area contributed by atoms with E-state index in [2.05, 4.69) is 5.32 Å². The Balaban J connectivity index is 1.82. The van der Waals surface area contributed by atoms with Crippen molar-refractivity contribution >= 4 is 23.4 Å². The van der Waals surface area contributed by atoms with Crippen molar-refractivity contribution in [1.82, 2.24) is 10.2 Å². The highest BCUT2D eigenvalue weighted by atomic mass is 35.5. The van der Waals surface area contributed by atoms with Crippen molar-refractivity contribution < 1.29 is 14.3 Å². The Morgan fingerprint density at radius 1 is 1.52 bits per heavy atom. The van der Waals surface area contributed by atoms with E-state index in [-0.39, 0.29) is 17.7 Å². The Kier molecular flexibility index (Phi) is 5.07. The fraction of sp³-hybridized carbons (Fsp3) is 0.467. The van der Waals surface area contributed by atoms with Gasteiger partial charge in [0.15, 0.2) is 0 Å². The van der Waals surface area contributed by atoms with Crippen molar-refractivity contribution in [3.05, 3.63) is 28.8 Å². The van der Waals surface area contributed by atoms with E-state index in [4.69, 9.17) is 16.3 Å². The molecule has 0 saturated carbocycles. The van der Waals surface area contributed by atoms with E-state index in [0.29, 0.717) is 36.7 Å². The molecule has 0 bridgehead atoms. The molecule has 1 saturated heterocycles. The lowest BCUT2D eigenvalue weighted by Gasteiger charge is -2.11. The SMILES string of the molecule is COc1ccc(CCNC(=O)[C@@H]2CC(=O)N(C)C2)c(Cl)c1. The lowest BCUT2D eigenvalue weighted by atomic mass is 10.1. The van der Waals surface area contributed by atoms with Crippen molar-refractivity contribution in [3.63, 3.8) is 0 Å². The highest BCUT2D eigenvalue weighted by molar-refractivity contribution is 6.31. The van der Waals surface area contributed by atoms with Crippen molar-refractivity contribution in [3.8, 4) is 5.75 Å². The molecule has 0 aliphatic carbocycles. The number of nitrogens with zero attached hydrogens (tertiary/aromatic N) is 1. The molecule has 1 heterocycles. The normalized spacial score (nSPS) is 18.0. The van der Waals surface area contributed by atoms with Crippen LogP contribution in [0, 0.1) is 5.92 Å². The largest absolute Gasteiger partial charge is 0.497 e. The van der Waals surface area contributed by atoms with E-state index in [1.165, 1.54) is 0 Å². The zero-order valence-corrected chi connectivity index (χ0v) is 12.9. The highest BCUT2D eigenvalue weighted by Crippen LogP contribution is 2.22. The summed E-state index contributed by atoms with van der Waals surface area (Å²) in [6.45, 7) is 0.993. The van der Waals surface area contributed by atoms with Crippen LogP contribution in [0.4, 0.5) is 0 Å². The average Bonchev–Trinajstić information content (AvgIpc) is 2.80. The van der Waals surface area contributed by atoms with Crippen molar-refractivity contribution in [2.45, 2.75) is 12.8 Å². The van der Waals surface area contributed by atoms with E-state index in [1.807, 2.05) is 12.1 Å². The Morgan fingerprint density at radius 3 is 2.86 bits per heavy atom. The minimum atomic E-state index is -0.242. The van der Waals surface area contributed by atoms with Gasteiger partial charge in [-0.05, 0) is 24.1 Å². The van der Waals surface area contributed by atoms with E-state index < -0.39 is 0 Å². The van der Waals surface area contributed by atoms with Crippen molar-refractivity contribution in [1.29, 1.82) is 0 Å². The van der Waals surface area contributed by atoms with Crippen LogP contribution in [0.25, 0.3) is 0 Å². The van der Waals surface area contributed by atoms with E-state index in [9.17, 15) is 9.59 Å². The summed E-state index contributed by atoms with van der Waals surface area (Å²) in [4.78, 5) is 25.0. The second-order valence-electron chi connectivity index (χ2n) is 5.17. The smallest absolute Gasteiger partial charge is 0.225 e. The minimum Gasteiger partial charge on any atom is -0.497 e. The number of likely N-dealkylation sites (tertiary alicyclic amines) is 1. The molecule has 1 aliphatic heterocycles. The van der Waals surface area contributed by atoms with Crippen LogP contribution in [0.1, 0.15) is 12.0 Å². The molecule has 0 unspecified atom stereocenters. The summed E-state index contributed by atoms with van der Waals surface area (Å²) in [6.07, 6.45) is 0.941. The zero-order chi connectivity index (χ0) is 15.4. The highest BCUT2D eigenvalue weighted by Gasteiger charge is 2.31. The lowest BCUT2D eigenvalue weighted by Crippen LogP contribution is -2.33. The number of carbonyl (C=O) groups is 2. The molecule has 6 heteroatoms. The third-order valence-corrected chi connectivity index (χ3v) is 4.02. The number of rotatable bonds is 5. The third-order valence-electron chi connectivity index (χ3n) is 3.67. The first-order valence-corrected chi connectivity index (χ1v) is 7.23. The predicted molar refractivity (Wildman–Crippen MR) is 80.5 cm³/mol. The van der Waals surface area contributed by atoms with Crippen LogP contribution in [0.5, 0.6) is 5.75 Å². The Hall–Kier alpha value is -1.75. The first-order valence-electron chi connectivity index (χ1n) is 6.85. The number of nitrogens with one attached hydrogen (secondary N) is 1. The van der Waals surface area contributed by atoms with Gasteiger partial charge in [-0.2, -0.15) is 0 Å². The van der Waals surface area contributed by atoms with Crippen LogP contribution in [0.15, 0.2) is 18.2 Å². The summed E-state index contributed by atoms with van der Waals surface area (Å²) in [6, 6.07) is 5.48. The van der Waals surface area contributed by atoms with Gasteiger partial charge in [0.25, 0.3) is 0 Å². The summed E-state index contributed by atoms with van der Waals surface area (Å²) in [7, 11) is 3.30. The van der Waals surface area contributed by atoms with Gasteiger partial charge in [-0.3, -0.25) is 9.59 Å². The predicted octanol–water partition coefficient (Wildman–Crippen LogP) is 1.49. The number of hydrogen-bond donors (Lipinski definition) is 1. The first kappa shape index (κ1) is 15.6. The average molecular weight is 311 g/mol. The van der Waals surface area contributed by atoms with E-state index in [0.717, 1.165) is 5.56 Å². The van der Waals surface area contributed by atoms with Gasteiger partial charge in [0.05, 0.1) is 13.0 Å². The van der Waals surface area contributed by atoms with Crippen molar-refractivity contribution in [2.24, 2.45) is 5.92 Å². The maximum Gasteiger partial charge on any atom is 0.225 e. The standard InChI is InChI=1S/C15H19ClN2O3/c1-18-9-11(7-14(18)19)15(20)17-6-5-10-3-4-12(21-2)8-13(10)16/h3-4,8,11H,5-7,9H2,1-2H3,(H,17,20)/t11-/m1/s1. The number of hydrogen-bond acceptors (Lipinski definition) is 3. The molecular weight excluding hydrogens is 292 g/mol. The third kappa shape index (κ3) is 3.88. The number of halogens is 1. The van der Waals surface area contributed by atoms with Crippen molar-refractivity contribution in [2.75, 3.05) is 27.2 Å². The number of amides is 2.